The summed E-state index contributed by atoms with van der Waals surface area (Å²) in [5.74, 6) is 0.809. The first-order valence-corrected chi connectivity index (χ1v) is 9.50. The molecular formula is C17H25N7O4. The minimum atomic E-state index is -1.24. The van der Waals surface area contributed by atoms with Gasteiger partial charge in [-0.1, -0.05) is 19.3 Å². The molecule has 2 aromatic rings. The average molecular weight is 391 g/mol. The number of nitrogens with one attached hydrogen (secondary N) is 1. The zero-order valence-electron chi connectivity index (χ0n) is 15.3. The number of nitrogen functional groups attached to an aromatic ring is 1. The summed E-state index contributed by atoms with van der Waals surface area (Å²) < 4.78 is 7.01. The molecular weight excluding hydrogens is 366 g/mol. The molecule has 1 aliphatic carbocycles. The molecule has 0 bridgehead atoms. The summed E-state index contributed by atoms with van der Waals surface area (Å²) in [7, 11) is 0. The van der Waals surface area contributed by atoms with Crippen LogP contribution in [0.4, 0.5) is 11.8 Å². The number of rotatable bonds is 5. The predicted molar refractivity (Wildman–Crippen MR) is 101 cm³/mol. The maximum atomic E-state index is 10.3. The largest absolute Gasteiger partial charge is 0.394 e. The molecule has 1 saturated heterocycles. The van der Waals surface area contributed by atoms with Crippen molar-refractivity contribution in [1.82, 2.24) is 19.5 Å². The van der Waals surface area contributed by atoms with Gasteiger partial charge in [0.05, 0.1) is 12.9 Å². The lowest BCUT2D eigenvalue weighted by atomic mass is 9.90. The van der Waals surface area contributed by atoms with Crippen molar-refractivity contribution in [3.63, 3.8) is 0 Å². The summed E-state index contributed by atoms with van der Waals surface area (Å²) in [4.78, 5) is 12.7. The normalized spacial score (nSPS) is 29.1. The molecule has 11 heteroatoms. The number of fused-ring (bicyclic) bond motifs is 1. The van der Waals surface area contributed by atoms with E-state index in [0.717, 1.165) is 12.8 Å². The second-order valence-electron chi connectivity index (χ2n) is 7.27. The number of imidazole rings is 1. The molecule has 28 heavy (non-hydrogen) atoms. The van der Waals surface area contributed by atoms with Gasteiger partial charge in [0.2, 0.25) is 5.95 Å². The van der Waals surface area contributed by atoms with E-state index in [2.05, 4.69) is 25.5 Å². The Morgan fingerprint density at radius 2 is 2.04 bits per heavy atom. The molecule has 1 saturated carbocycles. The molecule has 0 radical (unpaired) electrons. The first-order chi connectivity index (χ1) is 13.6. The average Bonchev–Trinajstić information content (AvgIpc) is 3.24. The van der Waals surface area contributed by atoms with Crippen LogP contribution in [0.15, 0.2) is 11.4 Å². The standard InChI is InChI=1S/C17H25N7O4/c18-14-11-15(22-17(21-14)23-20-6-9-4-2-1-3-5-9)24(8-19-11)16-13(27)12(26)10(7-25)28-16/h6,8-10,12-13,16,25-27H,1-5,7H2,(H3,18,21,22,23)/t10-,12?,13+,16-/m1/s1. The molecule has 1 unspecified atom stereocenters. The van der Waals surface area contributed by atoms with Crippen LogP contribution in [0.2, 0.25) is 0 Å². The molecule has 0 aromatic carbocycles. The van der Waals surface area contributed by atoms with Gasteiger partial charge in [-0.3, -0.25) is 4.57 Å². The Morgan fingerprint density at radius 1 is 1.25 bits per heavy atom. The van der Waals surface area contributed by atoms with Crippen molar-refractivity contribution in [2.24, 2.45) is 11.0 Å². The van der Waals surface area contributed by atoms with E-state index in [1.165, 1.54) is 30.2 Å². The van der Waals surface area contributed by atoms with E-state index < -0.39 is 31.1 Å². The maximum Gasteiger partial charge on any atom is 0.247 e. The summed E-state index contributed by atoms with van der Waals surface area (Å²) >= 11 is 0. The number of aliphatic hydroxyl groups excluding tert-OH is 3. The maximum absolute atomic E-state index is 10.3. The van der Waals surface area contributed by atoms with Gasteiger partial charge in [-0.2, -0.15) is 15.1 Å². The molecule has 1 aliphatic heterocycles. The fourth-order valence-corrected chi connectivity index (χ4v) is 3.77. The summed E-state index contributed by atoms with van der Waals surface area (Å²) in [6, 6.07) is 0. The van der Waals surface area contributed by atoms with Gasteiger partial charge in [0, 0.05) is 6.21 Å². The van der Waals surface area contributed by atoms with Gasteiger partial charge in [-0.05, 0) is 18.8 Å². The highest BCUT2D eigenvalue weighted by Gasteiger charge is 2.44. The Bertz CT molecular complexity index is 851. The molecule has 2 aliphatic rings. The Hall–Kier alpha value is -2.34. The van der Waals surface area contributed by atoms with Crippen LogP contribution in [0.3, 0.4) is 0 Å². The minimum absolute atomic E-state index is 0.158. The number of ether oxygens (including phenoxy) is 1. The quantitative estimate of drug-likeness (QED) is 0.348. The molecule has 4 atom stereocenters. The monoisotopic (exact) mass is 391 g/mol. The van der Waals surface area contributed by atoms with E-state index in [1.54, 1.807) is 0 Å². The van der Waals surface area contributed by atoms with Crippen LogP contribution in [0, 0.1) is 5.92 Å². The van der Waals surface area contributed by atoms with Gasteiger partial charge >= 0.3 is 0 Å². The van der Waals surface area contributed by atoms with Gasteiger partial charge in [-0.15, -0.1) is 0 Å². The van der Waals surface area contributed by atoms with Gasteiger partial charge in [-0.25, -0.2) is 10.4 Å². The van der Waals surface area contributed by atoms with E-state index in [4.69, 9.17) is 10.5 Å². The fourth-order valence-electron chi connectivity index (χ4n) is 3.77. The number of aromatic nitrogens is 4. The van der Waals surface area contributed by atoms with E-state index in [1.807, 2.05) is 6.21 Å². The van der Waals surface area contributed by atoms with Crippen molar-refractivity contribution < 1.29 is 20.1 Å². The second-order valence-corrected chi connectivity index (χ2v) is 7.27. The SMILES string of the molecule is Nc1nc(NN=CC2CCCCC2)nc2c1ncn2[C@@H]1O[C@H](CO)C(O)[C@@H]1O. The second kappa shape index (κ2) is 7.95. The third-order valence-corrected chi connectivity index (χ3v) is 5.34. The number of hydrogen-bond donors (Lipinski definition) is 5. The molecule has 0 spiro atoms. The Labute approximate surface area is 161 Å². The van der Waals surface area contributed by atoms with Crippen LogP contribution >= 0.6 is 0 Å². The number of hydrazone groups is 1. The van der Waals surface area contributed by atoms with Crippen LogP contribution in [0.25, 0.3) is 11.2 Å². The summed E-state index contributed by atoms with van der Waals surface area (Å²) in [5, 5.41) is 33.8. The summed E-state index contributed by atoms with van der Waals surface area (Å²) in [5.41, 5.74) is 9.47. The number of hydrogen-bond acceptors (Lipinski definition) is 10. The van der Waals surface area contributed by atoms with Crippen molar-refractivity contribution in [1.29, 1.82) is 0 Å². The zero-order valence-corrected chi connectivity index (χ0v) is 15.3. The minimum Gasteiger partial charge on any atom is -0.394 e. The molecule has 6 N–H and O–H groups in total. The summed E-state index contributed by atoms with van der Waals surface area (Å²) in [6.45, 7) is -0.416. The smallest absolute Gasteiger partial charge is 0.247 e. The lowest BCUT2D eigenvalue weighted by molar-refractivity contribution is -0.0511. The van der Waals surface area contributed by atoms with Crippen molar-refractivity contribution >= 4 is 29.1 Å². The Kier molecular flexibility index (Phi) is 5.40. The van der Waals surface area contributed by atoms with Crippen molar-refractivity contribution in [3.05, 3.63) is 6.33 Å². The van der Waals surface area contributed by atoms with Crippen molar-refractivity contribution in [3.8, 4) is 0 Å². The summed E-state index contributed by atoms with van der Waals surface area (Å²) in [6.07, 6.45) is 4.95. The topological polar surface area (TPSA) is 164 Å². The first-order valence-electron chi connectivity index (χ1n) is 9.50. The van der Waals surface area contributed by atoms with Crippen molar-refractivity contribution in [2.75, 3.05) is 17.8 Å². The molecule has 3 heterocycles. The molecule has 2 fully saturated rings. The van der Waals surface area contributed by atoms with Gasteiger partial charge in [0.15, 0.2) is 17.7 Å². The number of aliphatic hydroxyl groups is 3. The highest BCUT2D eigenvalue weighted by molar-refractivity contribution is 5.83. The Balaban J connectivity index is 1.57. The van der Waals surface area contributed by atoms with E-state index in [0.29, 0.717) is 17.1 Å². The number of anilines is 2. The van der Waals surface area contributed by atoms with E-state index >= 15 is 0 Å². The number of nitrogens with two attached hydrogens (primary N) is 1. The van der Waals surface area contributed by atoms with Crippen LogP contribution in [-0.2, 0) is 4.74 Å². The first kappa shape index (κ1) is 19.0. The lowest BCUT2D eigenvalue weighted by Crippen LogP contribution is -2.33. The molecule has 152 valence electrons. The fraction of sp³-hybridized carbons (Fsp3) is 0.647. The van der Waals surface area contributed by atoms with Gasteiger partial charge in [0.25, 0.3) is 0 Å². The zero-order chi connectivity index (χ0) is 19.7. The highest BCUT2D eigenvalue weighted by Crippen LogP contribution is 2.32. The lowest BCUT2D eigenvalue weighted by Gasteiger charge is -2.17. The van der Waals surface area contributed by atoms with Gasteiger partial charge < -0.3 is 25.8 Å². The van der Waals surface area contributed by atoms with Crippen LogP contribution < -0.4 is 11.2 Å². The third-order valence-electron chi connectivity index (χ3n) is 5.34. The Morgan fingerprint density at radius 3 is 2.75 bits per heavy atom. The predicted octanol–water partition coefficient (Wildman–Crippen LogP) is -0.00200. The molecule has 11 nitrogen and oxygen atoms in total. The molecule has 4 rings (SSSR count). The molecule has 2 aromatic heterocycles. The number of nitrogens with zero attached hydrogens (tertiary/aromatic N) is 5. The van der Waals surface area contributed by atoms with Crippen molar-refractivity contribution in [2.45, 2.75) is 56.6 Å². The van der Waals surface area contributed by atoms with E-state index in [9.17, 15) is 15.3 Å². The van der Waals surface area contributed by atoms with Crippen LogP contribution in [0.5, 0.6) is 0 Å². The molecule has 0 amide bonds. The van der Waals surface area contributed by atoms with Crippen LogP contribution in [0.1, 0.15) is 38.3 Å². The third kappa shape index (κ3) is 3.53. The van der Waals surface area contributed by atoms with Crippen LogP contribution in [-0.4, -0.2) is 66.0 Å². The van der Waals surface area contributed by atoms with E-state index in [-0.39, 0.29) is 11.8 Å². The highest BCUT2D eigenvalue weighted by atomic mass is 16.6. The van der Waals surface area contributed by atoms with Gasteiger partial charge in [0.1, 0.15) is 23.8 Å².